The molecule has 2 heterocycles. The van der Waals surface area contributed by atoms with Gasteiger partial charge in [-0.3, -0.25) is 0 Å². The molecular formula is C12H18ClN5O. The number of aromatic nitrogens is 4. The maximum Gasteiger partial charge on any atom is 0.255 e. The molecule has 0 spiro atoms. The van der Waals surface area contributed by atoms with Crippen molar-refractivity contribution in [3.63, 3.8) is 0 Å². The molecule has 0 saturated carbocycles. The summed E-state index contributed by atoms with van der Waals surface area (Å²) in [5, 5.41) is 8.06. The fraction of sp³-hybridized carbons (Fsp3) is 0.583. The van der Waals surface area contributed by atoms with Crippen LogP contribution >= 0.6 is 11.6 Å². The van der Waals surface area contributed by atoms with Crippen molar-refractivity contribution in [3.8, 4) is 0 Å². The van der Waals surface area contributed by atoms with Gasteiger partial charge in [-0.2, -0.15) is 19.6 Å². The maximum absolute atomic E-state index is 6.24. The van der Waals surface area contributed by atoms with Crippen molar-refractivity contribution in [3.05, 3.63) is 17.0 Å². The van der Waals surface area contributed by atoms with Gasteiger partial charge in [0, 0.05) is 18.7 Å². The van der Waals surface area contributed by atoms with E-state index in [-0.39, 0.29) is 6.04 Å². The SMILES string of the molecule is CCCc1c(Cl)nc2ncnn2c1NC(C)COC. The van der Waals surface area contributed by atoms with Gasteiger partial charge in [-0.05, 0) is 13.3 Å². The third kappa shape index (κ3) is 2.96. The number of halogens is 1. The van der Waals surface area contributed by atoms with Crippen LogP contribution in [-0.2, 0) is 11.2 Å². The lowest BCUT2D eigenvalue weighted by Gasteiger charge is -2.18. The van der Waals surface area contributed by atoms with Crippen LogP contribution in [0.25, 0.3) is 5.78 Å². The number of nitrogens with one attached hydrogen (secondary N) is 1. The van der Waals surface area contributed by atoms with Crippen LogP contribution in [0.15, 0.2) is 6.33 Å². The monoisotopic (exact) mass is 283 g/mol. The fourth-order valence-electron chi connectivity index (χ4n) is 2.00. The van der Waals surface area contributed by atoms with Crippen molar-refractivity contribution >= 4 is 23.2 Å². The zero-order valence-corrected chi connectivity index (χ0v) is 12.1. The summed E-state index contributed by atoms with van der Waals surface area (Å²) in [6.07, 6.45) is 3.29. The Hall–Kier alpha value is -1.40. The summed E-state index contributed by atoms with van der Waals surface area (Å²) < 4.78 is 6.83. The van der Waals surface area contributed by atoms with Gasteiger partial charge in [0.15, 0.2) is 0 Å². The summed E-state index contributed by atoms with van der Waals surface area (Å²) >= 11 is 6.24. The number of hydrogen-bond donors (Lipinski definition) is 1. The van der Waals surface area contributed by atoms with E-state index in [0.29, 0.717) is 17.5 Å². The summed E-state index contributed by atoms with van der Waals surface area (Å²) in [6, 6.07) is 0.145. The minimum absolute atomic E-state index is 0.145. The van der Waals surface area contributed by atoms with Crippen molar-refractivity contribution < 1.29 is 4.74 Å². The highest BCUT2D eigenvalue weighted by Crippen LogP contribution is 2.25. The highest BCUT2D eigenvalue weighted by molar-refractivity contribution is 6.30. The molecule has 104 valence electrons. The average molecular weight is 284 g/mol. The Morgan fingerprint density at radius 3 is 3.00 bits per heavy atom. The van der Waals surface area contributed by atoms with Gasteiger partial charge in [-0.15, -0.1) is 0 Å². The molecule has 2 aromatic heterocycles. The fourth-order valence-corrected chi connectivity index (χ4v) is 2.25. The van der Waals surface area contributed by atoms with E-state index in [1.165, 1.54) is 6.33 Å². The first-order valence-corrected chi connectivity index (χ1v) is 6.68. The molecule has 0 fully saturated rings. The molecule has 1 N–H and O–H groups in total. The second-order valence-corrected chi connectivity index (χ2v) is 4.81. The van der Waals surface area contributed by atoms with E-state index in [4.69, 9.17) is 16.3 Å². The standard InChI is InChI=1S/C12H18ClN5O/c1-4-5-9-10(13)17-12-14-7-15-18(12)11(9)16-8(2)6-19-3/h7-8,16H,4-6H2,1-3H3. The summed E-state index contributed by atoms with van der Waals surface area (Å²) in [6.45, 7) is 4.74. The van der Waals surface area contributed by atoms with E-state index in [1.54, 1.807) is 11.6 Å². The molecule has 0 aromatic carbocycles. The number of methoxy groups -OCH3 is 1. The molecule has 0 bridgehead atoms. The smallest absolute Gasteiger partial charge is 0.255 e. The number of fused-ring (bicyclic) bond motifs is 1. The third-order valence-corrected chi connectivity index (χ3v) is 3.09. The first-order valence-electron chi connectivity index (χ1n) is 6.31. The van der Waals surface area contributed by atoms with E-state index in [0.717, 1.165) is 24.2 Å². The van der Waals surface area contributed by atoms with Crippen LogP contribution in [0.3, 0.4) is 0 Å². The second-order valence-electron chi connectivity index (χ2n) is 4.45. The summed E-state index contributed by atoms with van der Waals surface area (Å²) in [5.41, 5.74) is 0.963. The van der Waals surface area contributed by atoms with Crippen molar-refractivity contribution in [2.24, 2.45) is 0 Å². The maximum atomic E-state index is 6.24. The molecule has 1 unspecified atom stereocenters. The van der Waals surface area contributed by atoms with Gasteiger partial charge in [0.1, 0.15) is 17.3 Å². The minimum atomic E-state index is 0.145. The molecule has 0 radical (unpaired) electrons. The Morgan fingerprint density at radius 1 is 1.53 bits per heavy atom. The van der Waals surface area contributed by atoms with E-state index in [1.807, 2.05) is 6.92 Å². The molecule has 2 aromatic rings. The number of anilines is 1. The van der Waals surface area contributed by atoms with Crippen molar-refractivity contribution in [2.75, 3.05) is 19.0 Å². The molecule has 19 heavy (non-hydrogen) atoms. The molecule has 0 saturated heterocycles. The van der Waals surface area contributed by atoms with Gasteiger partial charge in [0.05, 0.1) is 6.61 Å². The first kappa shape index (κ1) is 14.0. The minimum Gasteiger partial charge on any atom is -0.383 e. The van der Waals surface area contributed by atoms with Crippen LogP contribution in [0, 0.1) is 0 Å². The molecule has 0 amide bonds. The largest absolute Gasteiger partial charge is 0.383 e. The van der Waals surface area contributed by atoms with Crippen molar-refractivity contribution in [1.82, 2.24) is 19.6 Å². The quantitative estimate of drug-likeness (QED) is 0.823. The van der Waals surface area contributed by atoms with E-state index < -0.39 is 0 Å². The van der Waals surface area contributed by atoms with E-state index in [9.17, 15) is 0 Å². The molecular weight excluding hydrogens is 266 g/mol. The lowest BCUT2D eigenvalue weighted by molar-refractivity contribution is 0.190. The van der Waals surface area contributed by atoms with Crippen LogP contribution in [0.5, 0.6) is 0 Å². The highest BCUT2D eigenvalue weighted by Gasteiger charge is 2.16. The number of rotatable bonds is 6. The zero-order chi connectivity index (χ0) is 13.8. The first-order chi connectivity index (χ1) is 9.17. The van der Waals surface area contributed by atoms with Gasteiger partial charge < -0.3 is 10.1 Å². The molecule has 0 aliphatic carbocycles. The van der Waals surface area contributed by atoms with Gasteiger partial charge >= 0.3 is 0 Å². The highest BCUT2D eigenvalue weighted by atomic mass is 35.5. The Bertz CT molecular complexity index is 556. The van der Waals surface area contributed by atoms with Crippen LogP contribution in [-0.4, -0.2) is 39.3 Å². The predicted octanol–water partition coefficient (Wildman–Crippen LogP) is 2.18. The predicted molar refractivity (Wildman–Crippen MR) is 74.7 cm³/mol. The molecule has 1 atom stereocenters. The van der Waals surface area contributed by atoms with Gasteiger partial charge in [0.25, 0.3) is 5.78 Å². The number of ether oxygens (including phenoxy) is 1. The zero-order valence-electron chi connectivity index (χ0n) is 11.4. The van der Waals surface area contributed by atoms with Crippen molar-refractivity contribution in [2.45, 2.75) is 32.7 Å². The van der Waals surface area contributed by atoms with Gasteiger partial charge in [-0.25, -0.2) is 0 Å². The summed E-state index contributed by atoms with van der Waals surface area (Å²) in [5.74, 6) is 1.34. The Balaban J connectivity index is 2.46. The topological polar surface area (TPSA) is 64.3 Å². The van der Waals surface area contributed by atoms with E-state index in [2.05, 4.69) is 27.3 Å². The molecule has 6 nitrogen and oxygen atoms in total. The average Bonchev–Trinajstić information content (AvgIpc) is 2.81. The molecule has 0 aliphatic rings. The number of nitrogens with zero attached hydrogens (tertiary/aromatic N) is 4. The lowest BCUT2D eigenvalue weighted by atomic mass is 10.2. The molecule has 2 rings (SSSR count). The van der Waals surface area contributed by atoms with Crippen LogP contribution < -0.4 is 5.32 Å². The van der Waals surface area contributed by atoms with Crippen LogP contribution in [0.4, 0.5) is 5.82 Å². The third-order valence-electron chi connectivity index (χ3n) is 2.77. The Kier molecular flexibility index (Phi) is 4.55. The molecule has 0 aliphatic heterocycles. The van der Waals surface area contributed by atoms with Gasteiger partial charge in [0.2, 0.25) is 0 Å². The molecule has 7 heteroatoms. The Morgan fingerprint density at radius 2 is 2.32 bits per heavy atom. The second kappa shape index (κ2) is 6.16. The van der Waals surface area contributed by atoms with Crippen LogP contribution in [0.2, 0.25) is 5.15 Å². The normalized spacial score (nSPS) is 12.8. The van der Waals surface area contributed by atoms with Crippen LogP contribution in [0.1, 0.15) is 25.8 Å². The summed E-state index contributed by atoms with van der Waals surface area (Å²) in [4.78, 5) is 8.33. The van der Waals surface area contributed by atoms with Crippen molar-refractivity contribution in [1.29, 1.82) is 0 Å². The lowest BCUT2D eigenvalue weighted by Crippen LogP contribution is -2.24. The summed E-state index contributed by atoms with van der Waals surface area (Å²) in [7, 11) is 1.68. The van der Waals surface area contributed by atoms with Gasteiger partial charge in [-0.1, -0.05) is 24.9 Å². The number of hydrogen-bond acceptors (Lipinski definition) is 5. The van der Waals surface area contributed by atoms with E-state index >= 15 is 0 Å². The Labute approximate surface area is 117 Å².